The molecule has 0 amide bonds. The predicted octanol–water partition coefficient (Wildman–Crippen LogP) is 0.990. The number of hydrogen-bond donors (Lipinski definition) is 1. The van der Waals surface area contributed by atoms with Crippen molar-refractivity contribution in [2.75, 3.05) is 25.5 Å². The van der Waals surface area contributed by atoms with Crippen molar-refractivity contribution in [3.8, 4) is 0 Å². The van der Waals surface area contributed by atoms with Gasteiger partial charge in [0.2, 0.25) is 0 Å². The van der Waals surface area contributed by atoms with Crippen molar-refractivity contribution in [1.82, 2.24) is 5.32 Å². The van der Waals surface area contributed by atoms with Crippen LogP contribution in [0.4, 0.5) is 5.88 Å². The highest BCUT2D eigenvalue weighted by Gasteiger charge is 2.25. The summed E-state index contributed by atoms with van der Waals surface area (Å²) in [6.07, 6.45) is 0. The van der Waals surface area contributed by atoms with E-state index in [4.69, 9.17) is 4.42 Å². The molecular formula is C8H12N2O. The Hall–Kier alpha value is -0.960. The molecule has 0 saturated carbocycles. The third-order valence-electron chi connectivity index (χ3n) is 1.81. The van der Waals surface area contributed by atoms with E-state index in [1.54, 1.807) is 0 Å². The largest absolute Gasteiger partial charge is 0.444 e. The molecule has 0 unspecified atom stereocenters. The fraction of sp³-hybridized carbons (Fsp3) is 0.500. The minimum absolute atomic E-state index is 0.476. The summed E-state index contributed by atoms with van der Waals surface area (Å²) >= 11 is 0. The number of nitrogens with one attached hydrogen (secondary N) is 1. The van der Waals surface area contributed by atoms with Gasteiger partial charge >= 0.3 is 0 Å². The standard InChI is InChI=1S/C8H12N2O/c1-10(2)8-4-3-7(11-8)6-5-9-6/h3-4,6,9H,5H2,1-2H3/t6-/m0/s1. The van der Waals surface area contributed by atoms with E-state index < -0.39 is 0 Å². The molecule has 60 valence electrons. The first-order valence-electron chi connectivity index (χ1n) is 3.78. The summed E-state index contributed by atoms with van der Waals surface area (Å²) < 4.78 is 5.53. The van der Waals surface area contributed by atoms with Gasteiger partial charge in [-0.25, -0.2) is 0 Å². The van der Waals surface area contributed by atoms with Crippen LogP contribution in [0.2, 0.25) is 0 Å². The van der Waals surface area contributed by atoms with Gasteiger partial charge in [-0.05, 0) is 6.07 Å². The minimum Gasteiger partial charge on any atom is -0.444 e. The van der Waals surface area contributed by atoms with Crippen LogP contribution in [-0.2, 0) is 0 Å². The number of anilines is 1. The van der Waals surface area contributed by atoms with Crippen LogP contribution in [-0.4, -0.2) is 20.6 Å². The summed E-state index contributed by atoms with van der Waals surface area (Å²) in [5.41, 5.74) is 0. The highest BCUT2D eigenvalue weighted by Crippen LogP contribution is 2.26. The Morgan fingerprint density at radius 2 is 2.27 bits per heavy atom. The Morgan fingerprint density at radius 1 is 1.55 bits per heavy atom. The Labute approximate surface area is 66.0 Å². The summed E-state index contributed by atoms with van der Waals surface area (Å²) in [7, 11) is 3.95. The molecule has 1 aliphatic rings. The second-order valence-electron chi connectivity index (χ2n) is 3.03. The van der Waals surface area contributed by atoms with Crippen LogP contribution in [0.1, 0.15) is 11.8 Å². The molecule has 1 aliphatic heterocycles. The smallest absolute Gasteiger partial charge is 0.195 e. The third kappa shape index (κ3) is 1.24. The van der Waals surface area contributed by atoms with Gasteiger partial charge in [0, 0.05) is 26.7 Å². The SMILES string of the molecule is CN(C)c1ccc([C@@H]2CN2)o1. The number of nitrogens with zero attached hydrogens (tertiary/aromatic N) is 1. The van der Waals surface area contributed by atoms with E-state index in [-0.39, 0.29) is 0 Å². The molecule has 3 heteroatoms. The lowest BCUT2D eigenvalue weighted by atomic mass is 10.3. The van der Waals surface area contributed by atoms with Gasteiger partial charge < -0.3 is 14.6 Å². The number of rotatable bonds is 2. The second-order valence-corrected chi connectivity index (χ2v) is 3.03. The van der Waals surface area contributed by atoms with Crippen LogP contribution < -0.4 is 10.2 Å². The maximum atomic E-state index is 5.53. The molecule has 2 heterocycles. The summed E-state index contributed by atoms with van der Waals surface area (Å²) in [5, 5.41) is 3.19. The lowest BCUT2D eigenvalue weighted by Gasteiger charge is -2.06. The molecule has 0 aromatic carbocycles. The van der Waals surface area contributed by atoms with Gasteiger partial charge in [0.15, 0.2) is 5.88 Å². The molecule has 1 aromatic heterocycles. The van der Waals surface area contributed by atoms with E-state index in [1.165, 1.54) is 0 Å². The van der Waals surface area contributed by atoms with Crippen LogP contribution in [0.3, 0.4) is 0 Å². The van der Waals surface area contributed by atoms with Crippen LogP contribution >= 0.6 is 0 Å². The topological polar surface area (TPSA) is 38.3 Å². The van der Waals surface area contributed by atoms with Gasteiger partial charge in [-0.15, -0.1) is 0 Å². The van der Waals surface area contributed by atoms with E-state index >= 15 is 0 Å². The Bertz CT molecular complexity index is 234. The highest BCUT2D eigenvalue weighted by atomic mass is 16.4. The molecule has 1 N–H and O–H groups in total. The molecule has 3 nitrogen and oxygen atoms in total. The fourth-order valence-corrected chi connectivity index (χ4v) is 1.03. The molecule has 1 saturated heterocycles. The number of furan rings is 1. The quantitative estimate of drug-likeness (QED) is 0.642. The predicted molar refractivity (Wildman–Crippen MR) is 43.8 cm³/mol. The van der Waals surface area contributed by atoms with Crippen LogP contribution in [0.25, 0.3) is 0 Å². The average Bonchev–Trinajstić information content (AvgIpc) is 2.68. The van der Waals surface area contributed by atoms with Crippen molar-refractivity contribution in [1.29, 1.82) is 0 Å². The van der Waals surface area contributed by atoms with Gasteiger partial charge in [-0.2, -0.15) is 0 Å². The van der Waals surface area contributed by atoms with E-state index in [1.807, 2.05) is 31.1 Å². The van der Waals surface area contributed by atoms with Crippen molar-refractivity contribution < 1.29 is 4.42 Å². The first-order valence-corrected chi connectivity index (χ1v) is 3.78. The van der Waals surface area contributed by atoms with Gasteiger partial charge in [-0.1, -0.05) is 0 Å². The zero-order valence-electron chi connectivity index (χ0n) is 6.79. The molecule has 0 spiro atoms. The van der Waals surface area contributed by atoms with Gasteiger partial charge in [0.1, 0.15) is 5.76 Å². The van der Waals surface area contributed by atoms with Crippen LogP contribution in [0.15, 0.2) is 16.5 Å². The summed E-state index contributed by atoms with van der Waals surface area (Å²) in [6.45, 7) is 1.06. The van der Waals surface area contributed by atoms with Gasteiger partial charge in [-0.3, -0.25) is 0 Å². The first-order chi connectivity index (χ1) is 5.27. The van der Waals surface area contributed by atoms with Crippen molar-refractivity contribution >= 4 is 5.88 Å². The van der Waals surface area contributed by atoms with Crippen molar-refractivity contribution in [3.63, 3.8) is 0 Å². The molecule has 0 bridgehead atoms. The molecular weight excluding hydrogens is 140 g/mol. The van der Waals surface area contributed by atoms with Crippen molar-refractivity contribution in [3.05, 3.63) is 17.9 Å². The summed E-state index contributed by atoms with van der Waals surface area (Å²) in [6, 6.07) is 4.50. The van der Waals surface area contributed by atoms with E-state index in [0.717, 1.165) is 18.2 Å². The molecule has 11 heavy (non-hydrogen) atoms. The van der Waals surface area contributed by atoms with Crippen molar-refractivity contribution in [2.45, 2.75) is 6.04 Å². The summed E-state index contributed by atoms with van der Waals surface area (Å²) in [5.74, 6) is 1.97. The van der Waals surface area contributed by atoms with E-state index in [0.29, 0.717) is 6.04 Å². The normalized spacial score (nSPS) is 21.8. The molecule has 2 rings (SSSR count). The van der Waals surface area contributed by atoms with Crippen LogP contribution in [0.5, 0.6) is 0 Å². The Kier molecular flexibility index (Phi) is 1.39. The average molecular weight is 152 g/mol. The lowest BCUT2D eigenvalue weighted by Crippen LogP contribution is -2.06. The highest BCUT2D eigenvalue weighted by molar-refractivity contribution is 5.35. The van der Waals surface area contributed by atoms with E-state index in [9.17, 15) is 0 Å². The Balaban J connectivity index is 2.18. The maximum Gasteiger partial charge on any atom is 0.195 e. The first kappa shape index (κ1) is 6.73. The fourth-order valence-electron chi connectivity index (χ4n) is 1.03. The van der Waals surface area contributed by atoms with Crippen molar-refractivity contribution in [2.24, 2.45) is 0 Å². The van der Waals surface area contributed by atoms with Crippen LogP contribution in [0, 0.1) is 0 Å². The summed E-state index contributed by atoms with van der Waals surface area (Å²) in [4.78, 5) is 1.96. The molecule has 1 aromatic rings. The maximum absolute atomic E-state index is 5.53. The molecule has 0 radical (unpaired) electrons. The van der Waals surface area contributed by atoms with Gasteiger partial charge in [0.05, 0.1) is 6.04 Å². The zero-order valence-corrected chi connectivity index (χ0v) is 6.79. The van der Waals surface area contributed by atoms with E-state index in [2.05, 4.69) is 5.32 Å². The lowest BCUT2D eigenvalue weighted by molar-refractivity contribution is 0.511. The monoisotopic (exact) mass is 152 g/mol. The molecule has 1 atom stereocenters. The molecule has 1 fully saturated rings. The minimum atomic E-state index is 0.476. The number of hydrogen-bond acceptors (Lipinski definition) is 3. The molecule has 0 aliphatic carbocycles. The third-order valence-corrected chi connectivity index (χ3v) is 1.81. The van der Waals surface area contributed by atoms with Gasteiger partial charge in [0.25, 0.3) is 0 Å². The Morgan fingerprint density at radius 3 is 2.73 bits per heavy atom. The second kappa shape index (κ2) is 2.27. The zero-order chi connectivity index (χ0) is 7.84.